The molecule has 1 aromatic carbocycles. The molecule has 1 amide bonds. The predicted molar refractivity (Wildman–Crippen MR) is 163 cm³/mol. The molecule has 4 aliphatic carbocycles. The van der Waals surface area contributed by atoms with E-state index in [2.05, 4.69) is 13.8 Å². The molecule has 2 saturated heterocycles. The monoisotopic (exact) mass is 613 g/mol. The Morgan fingerprint density at radius 2 is 1.50 bits per heavy atom. The molecule has 6 aliphatic rings. The van der Waals surface area contributed by atoms with Gasteiger partial charge in [0.2, 0.25) is 0 Å². The van der Waals surface area contributed by atoms with Gasteiger partial charge in [0.1, 0.15) is 5.60 Å². The van der Waals surface area contributed by atoms with Gasteiger partial charge in [-0.1, -0.05) is 26.0 Å². The van der Waals surface area contributed by atoms with Crippen molar-refractivity contribution in [3.8, 4) is 0 Å². The average molecular weight is 614 g/mol. The zero-order valence-electron chi connectivity index (χ0n) is 27.3. The van der Waals surface area contributed by atoms with E-state index in [-0.39, 0.29) is 11.8 Å². The van der Waals surface area contributed by atoms with E-state index < -0.39 is 45.3 Å². The molecule has 9 heteroatoms. The average Bonchev–Trinajstić information content (AvgIpc) is 3.69. The van der Waals surface area contributed by atoms with Crippen LogP contribution in [0.25, 0.3) is 0 Å². The van der Waals surface area contributed by atoms with Gasteiger partial charge in [-0.2, -0.15) is 0 Å². The van der Waals surface area contributed by atoms with Gasteiger partial charge < -0.3 is 33.9 Å². The van der Waals surface area contributed by atoms with Crippen molar-refractivity contribution in [2.45, 2.75) is 114 Å². The van der Waals surface area contributed by atoms with Crippen molar-refractivity contribution in [3.63, 3.8) is 0 Å². The molecule has 44 heavy (non-hydrogen) atoms. The van der Waals surface area contributed by atoms with Crippen LogP contribution in [-0.2, 0) is 29.3 Å². The van der Waals surface area contributed by atoms with Crippen LogP contribution in [0.1, 0.15) is 91.5 Å². The van der Waals surface area contributed by atoms with Gasteiger partial charge in [0, 0.05) is 48.7 Å². The number of carbonyl (C=O) groups excluding carboxylic acids is 1. The number of rotatable bonds is 2. The summed E-state index contributed by atoms with van der Waals surface area (Å²) in [7, 11) is 1.70. The third-order valence-electron chi connectivity index (χ3n) is 12.8. The summed E-state index contributed by atoms with van der Waals surface area (Å²) in [5, 5.41) is 26.0. The van der Waals surface area contributed by atoms with Crippen LogP contribution in [0, 0.1) is 28.6 Å². The lowest BCUT2D eigenvalue weighted by Crippen LogP contribution is -2.71. The van der Waals surface area contributed by atoms with Crippen molar-refractivity contribution in [1.82, 2.24) is 0 Å². The van der Waals surface area contributed by atoms with Gasteiger partial charge in [-0.15, -0.1) is 0 Å². The van der Waals surface area contributed by atoms with E-state index in [1.165, 1.54) is 4.90 Å². The molecule has 2 aliphatic heterocycles. The Morgan fingerprint density at radius 1 is 0.864 bits per heavy atom. The second kappa shape index (κ2) is 9.88. The maximum atomic E-state index is 13.4. The zero-order valence-corrected chi connectivity index (χ0v) is 27.3. The molecule has 0 unspecified atom stereocenters. The number of aliphatic hydroxyl groups is 2. The summed E-state index contributed by atoms with van der Waals surface area (Å²) in [5.74, 6) is -1.15. The number of fused-ring (bicyclic) bond motifs is 6. The first kappa shape index (κ1) is 30.9. The standard InChI is InChI=1S/C35H51NO8/c1-29(2,3)44-28(37)36(6)24-9-7-23(8-10-24)34(39)21-31(5)26(12-14-35(31)42-19-20-43-35)25-11-13-32(38)22-33(40-17-18-41-33)16-15-30(32,4)27(25)34/h7-10,25-27,38-39H,11-22H2,1-6H3/t25-,26-,27-,30+,31-,32+,34-/m0/s1. The molecule has 6 fully saturated rings. The maximum Gasteiger partial charge on any atom is 0.414 e. The van der Waals surface area contributed by atoms with Gasteiger partial charge in [-0.25, -0.2) is 4.79 Å². The molecule has 7 atom stereocenters. The Bertz CT molecular complexity index is 1280. The molecule has 0 radical (unpaired) electrons. The highest BCUT2D eigenvalue weighted by atomic mass is 16.7. The van der Waals surface area contributed by atoms with Crippen molar-refractivity contribution in [2.75, 3.05) is 38.4 Å². The number of benzene rings is 1. The van der Waals surface area contributed by atoms with Crippen LogP contribution in [0.3, 0.4) is 0 Å². The van der Waals surface area contributed by atoms with E-state index in [4.69, 9.17) is 23.7 Å². The molecule has 0 aromatic heterocycles. The molecule has 4 saturated carbocycles. The van der Waals surface area contributed by atoms with Crippen LogP contribution in [0.15, 0.2) is 24.3 Å². The van der Waals surface area contributed by atoms with Crippen molar-refractivity contribution in [2.24, 2.45) is 28.6 Å². The first-order valence-electron chi connectivity index (χ1n) is 16.7. The van der Waals surface area contributed by atoms with Crippen LogP contribution < -0.4 is 4.90 Å². The second-order valence-electron chi connectivity index (χ2n) is 16.1. The maximum absolute atomic E-state index is 13.4. The Kier molecular flexibility index (Phi) is 6.93. The summed E-state index contributed by atoms with van der Waals surface area (Å²) < 4.78 is 30.7. The van der Waals surface area contributed by atoms with Crippen LogP contribution in [0.4, 0.5) is 10.5 Å². The minimum Gasteiger partial charge on any atom is -0.443 e. The summed E-state index contributed by atoms with van der Waals surface area (Å²) in [5.41, 5.74) is -2.39. The van der Waals surface area contributed by atoms with Gasteiger partial charge in [0.15, 0.2) is 11.6 Å². The fourth-order valence-corrected chi connectivity index (χ4v) is 10.8. The van der Waals surface area contributed by atoms with Gasteiger partial charge in [-0.3, -0.25) is 4.90 Å². The molecule has 0 bridgehead atoms. The van der Waals surface area contributed by atoms with Crippen LogP contribution in [0.5, 0.6) is 0 Å². The Balaban J connectivity index is 1.30. The van der Waals surface area contributed by atoms with Gasteiger partial charge >= 0.3 is 6.09 Å². The number of nitrogens with zero attached hydrogens (tertiary/aromatic N) is 1. The minimum atomic E-state index is -1.27. The topological polar surface area (TPSA) is 107 Å². The third kappa shape index (κ3) is 4.29. The molecule has 9 nitrogen and oxygen atoms in total. The molecule has 7 rings (SSSR count). The largest absolute Gasteiger partial charge is 0.443 e. The van der Waals surface area contributed by atoms with Gasteiger partial charge in [-0.05, 0) is 82.4 Å². The van der Waals surface area contributed by atoms with Gasteiger partial charge in [0.25, 0.3) is 0 Å². The van der Waals surface area contributed by atoms with E-state index in [9.17, 15) is 15.0 Å². The quantitative estimate of drug-likeness (QED) is 0.451. The van der Waals surface area contributed by atoms with Crippen molar-refractivity contribution < 1.29 is 38.7 Å². The normalized spacial score (nSPS) is 42.1. The molecular formula is C35H51NO8. The van der Waals surface area contributed by atoms with Crippen LogP contribution in [-0.4, -0.2) is 72.6 Å². The van der Waals surface area contributed by atoms with Crippen molar-refractivity contribution >= 4 is 11.8 Å². The fourth-order valence-electron chi connectivity index (χ4n) is 10.8. The molecule has 244 valence electrons. The fraction of sp³-hybridized carbons (Fsp3) is 0.800. The predicted octanol–water partition coefficient (Wildman–Crippen LogP) is 5.50. The summed E-state index contributed by atoms with van der Waals surface area (Å²) >= 11 is 0. The summed E-state index contributed by atoms with van der Waals surface area (Å²) in [6.45, 7) is 12.3. The SMILES string of the molecule is CN(C(=O)OC(C)(C)C)c1ccc([C@@]2(O)C[C@@]3(C)[C@@H](CCC34OCCO4)[C@@H]3CC[C@@]4(O)CC5(CC[C@]4(C)[C@H]32)OCCO5)cc1. The van der Waals surface area contributed by atoms with Gasteiger partial charge in [0.05, 0.1) is 37.6 Å². The second-order valence-corrected chi connectivity index (χ2v) is 16.1. The summed E-state index contributed by atoms with van der Waals surface area (Å²) in [6.07, 6.45) is 5.12. The molecular weight excluding hydrogens is 562 g/mol. The Hall–Kier alpha value is -1.75. The summed E-state index contributed by atoms with van der Waals surface area (Å²) in [6, 6.07) is 7.70. The third-order valence-corrected chi connectivity index (χ3v) is 12.8. The number of hydrogen-bond donors (Lipinski definition) is 2. The summed E-state index contributed by atoms with van der Waals surface area (Å²) in [4.78, 5) is 14.3. The molecule has 2 heterocycles. The highest BCUT2D eigenvalue weighted by molar-refractivity contribution is 5.87. The lowest BCUT2D eigenvalue weighted by atomic mass is 9.39. The van der Waals surface area contributed by atoms with Crippen LogP contribution >= 0.6 is 0 Å². The lowest BCUT2D eigenvalue weighted by Gasteiger charge is -2.69. The number of amides is 1. The Morgan fingerprint density at radius 3 is 2.14 bits per heavy atom. The van der Waals surface area contributed by atoms with E-state index in [1.54, 1.807) is 7.05 Å². The van der Waals surface area contributed by atoms with Crippen LogP contribution in [0.2, 0.25) is 0 Å². The van der Waals surface area contributed by atoms with Crippen molar-refractivity contribution in [3.05, 3.63) is 29.8 Å². The zero-order chi connectivity index (χ0) is 31.4. The van der Waals surface area contributed by atoms with Crippen molar-refractivity contribution in [1.29, 1.82) is 0 Å². The smallest absolute Gasteiger partial charge is 0.414 e. The van der Waals surface area contributed by atoms with E-state index in [0.29, 0.717) is 70.1 Å². The Labute approximate surface area is 261 Å². The first-order valence-corrected chi connectivity index (χ1v) is 16.7. The molecule has 2 spiro atoms. The lowest BCUT2D eigenvalue weighted by molar-refractivity contribution is -0.329. The highest BCUT2D eigenvalue weighted by Gasteiger charge is 2.76. The molecule has 2 N–H and O–H groups in total. The highest BCUT2D eigenvalue weighted by Crippen LogP contribution is 2.74. The minimum absolute atomic E-state index is 0.180. The van der Waals surface area contributed by atoms with E-state index in [1.807, 2.05) is 45.0 Å². The first-order chi connectivity index (χ1) is 20.6. The number of anilines is 1. The molecule has 1 aromatic rings. The van der Waals surface area contributed by atoms with E-state index >= 15 is 0 Å². The number of carbonyl (C=O) groups is 1. The number of hydrogen-bond acceptors (Lipinski definition) is 8. The van der Waals surface area contributed by atoms with E-state index in [0.717, 1.165) is 24.8 Å². The number of ether oxygens (including phenoxy) is 5.